The fourth-order valence-electron chi connectivity index (χ4n) is 2.41. The molecular formula is C11H14F7NO3. The van der Waals surface area contributed by atoms with Gasteiger partial charge >= 0.3 is 18.1 Å². The van der Waals surface area contributed by atoms with E-state index in [4.69, 9.17) is 4.74 Å². The first-order chi connectivity index (χ1) is 9.99. The van der Waals surface area contributed by atoms with Crippen LogP contribution >= 0.6 is 0 Å². The highest BCUT2D eigenvalue weighted by Crippen LogP contribution is 2.49. The molecule has 22 heavy (non-hydrogen) atoms. The van der Waals surface area contributed by atoms with E-state index in [0.717, 1.165) is 6.92 Å². The Balaban J connectivity index is 2.30. The number of hydrogen-bond acceptors (Lipinski definition) is 4. The van der Waals surface area contributed by atoms with Gasteiger partial charge in [0.1, 0.15) is 0 Å². The standard InChI is InChI=1S/C11H14F7NO3/c1-6-7(10(13,14)15)22-9(21-6,11(16,17)18)8(12)19-2-4-20-5-3-19/h6-8H,2-5H2,1H3. The Morgan fingerprint density at radius 2 is 1.59 bits per heavy atom. The van der Waals surface area contributed by atoms with Crippen LogP contribution < -0.4 is 0 Å². The molecule has 0 N–H and O–H groups in total. The van der Waals surface area contributed by atoms with E-state index in [1.54, 1.807) is 0 Å². The monoisotopic (exact) mass is 341 g/mol. The molecule has 0 aromatic rings. The summed E-state index contributed by atoms with van der Waals surface area (Å²) in [4.78, 5) is 0.697. The van der Waals surface area contributed by atoms with Gasteiger partial charge in [0.15, 0.2) is 6.10 Å². The van der Waals surface area contributed by atoms with Crippen molar-refractivity contribution in [2.75, 3.05) is 26.3 Å². The minimum Gasteiger partial charge on any atom is -0.379 e. The molecule has 4 unspecified atom stereocenters. The molecule has 0 amide bonds. The lowest BCUT2D eigenvalue weighted by molar-refractivity contribution is -0.395. The molecule has 4 nitrogen and oxygen atoms in total. The van der Waals surface area contributed by atoms with Crippen LogP contribution in [0.5, 0.6) is 0 Å². The van der Waals surface area contributed by atoms with Crippen molar-refractivity contribution in [2.45, 2.75) is 43.6 Å². The highest BCUT2D eigenvalue weighted by atomic mass is 19.4. The van der Waals surface area contributed by atoms with E-state index in [-0.39, 0.29) is 26.3 Å². The Hall–Kier alpha value is -0.650. The molecule has 0 aliphatic carbocycles. The lowest BCUT2D eigenvalue weighted by Crippen LogP contribution is -2.62. The molecule has 2 aliphatic rings. The summed E-state index contributed by atoms with van der Waals surface area (Å²) in [6.07, 6.45) is -18.3. The highest BCUT2D eigenvalue weighted by Gasteiger charge is 2.73. The maximum absolute atomic E-state index is 14.4. The van der Waals surface area contributed by atoms with Crippen molar-refractivity contribution >= 4 is 0 Å². The Kier molecular flexibility index (Phi) is 4.64. The van der Waals surface area contributed by atoms with Gasteiger partial charge in [0, 0.05) is 13.1 Å². The third-order valence-electron chi connectivity index (χ3n) is 3.49. The van der Waals surface area contributed by atoms with Crippen LogP contribution in [-0.2, 0) is 14.2 Å². The first-order valence-corrected chi connectivity index (χ1v) is 6.44. The summed E-state index contributed by atoms with van der Waals surface area (Å²) in [7, 11) is 0. The van der Waals surface area contributed by atoms with Crippen molar-refractivity contribution in [2.24, 2.45) is 0 Å². The van der Waals surface area contributed by atoms with Crippen molar-refractivity contribution < 1.29 is 44.9 Å². The number of ether oxygens (including phenoxy) is 3. The van der Waals surface area contributed by atoms with E-state index in [2.05, 4.69) is 9.47 Å². The van der Waals surface area contributed by atoms with E-state index in [1.807, 2.05) is 0 Å². The van der Waals surface area contributed by atoms with Gasteiger partial charge < -0.3 is 14.2 Å². The number of nitrogens with zero attached hydrogens (tertiary/aromatic N) is 1. The summed E-state index contributed by atoms with van der Waals surface area (Å²) in [6.45, 7) is 0.268. The normalized spacial score (nSPS) is 36.5. The van der Waals surface area contributed by atoms with Crippen LogP contribution in [-0.4, -0.2) is 67.8 Å². The average molecular weight is 341 g/mol. The van der Waals surface area contributed by atoms with E-state index in [0.29, 0.717) is 4.90 Å². The van der Waals surface area contributed by atoms with Gasteiger partial charge in [0.25, 0.3) is 0 Å². The molecule has 2 fully saturated rings. The van der Waals surface area contributed by atoms with E-state index < -0.39 is 36.6 Å². The Bertz CT molecular complexity index is 396. The molecule has 4 atom stereocenters. The first-order valence-electron chi connectivity index (χ1n) is 6.44. The molecule has 130 valence electrons. The van der Waals surface area contributed by atoms with Gasteiger partial charge in [-0.1, -0.05) is 0 Å². The minimum atomic E-state index is -5.47. The van der Waals surface area contributed by atoms with Gasteiger partial charge in [-0.25, -0.2) is 4.39 Å². The molecule has 2 saturated heterocycles. The van der Waals surface area contributed by atoms with Crippen LogP contribution in [0, 0.1) is 0 Å². The SMILES string of the molecule is CC1OC(C(F)N2CCOCC2)(C(F)(F)F)OC1C(F)(F)F. The summed E-state index contributed by atoms with van der Waals surface area (Å²) < 4.78 is 106. The predicted molar refractivity (Wildman–Crippen MR) is 57.5 cm³/mol. The molecule has 2 rings (SSSR count). The Morgan fingerprint density at radius 3 is 2.00 bits per heavy atom. The van der Waals surface area contributed by atoms with E-state index in [1.165, 1.54) is 0 Å². The van der Waals surface area contributed by atoms with Gasteiger partial charge in [0.2, 0.25) is 6.30 Å². The summed E-state index contributed by atoms with van der Waals surface area (Å²) in [5.74, 6) is -3.97. The zero-order chi connectivity index (χ0) is 16.8. The van der Waals surface area contributed by atoms with Gasteiger partial charge in [-0.2, -0.15) is 26.3 Å². The molecule has 11 heteroatoms. The van der Waals surface area contributed by atoms with Crippen molar-refractivity contribution in [1.29, 1.82) is 0 Å². The van der Waals surface area contributed by atoms with Crippen molar-refractivity contribution in [1.82, 2.24) is 4.90 Å². The third-order valence-corrected chi connectivity index (χ3v) is 3.49. The second-order valence-electron chi connectivity index (χ2n) is 5.05. The largest absolute Gasteiger partial charge is 0.448 e. The lowest BCUT2D eigenvalue weighted by Gasteiger charge is -2.39. The fraction of sp³-hybridized carbons (Fsp3) is 1.00. The van der Waals surface area contributed by atoms with E-state index in [9.17, 15) is 30.7 Å². The molecule has 0 spiro atoms. The number of morpholine rings is 1. The first kappa shape index (κ1) is 17.7. The van der Waals surface area contributed by atoms with Crippen molar-refractivity contribution in [3.05, 3.63) is 0 Å². The van der Waals surface area contributed by atoms with Crippen LogP contribution in [0.4, 0.5) is 30.7 Å². The molecule has 2 aliphatic heterocycles. The molecule has 0 aromatic carbocycles. The second-order valence-corrected chi connectivity index (χ2v) is 5.05. The molecule has 0 bridgehead atoms. The third kappa shape index (κ3) is 3.03. The van der Waals surface area contributed by atoms with Crippen LogP contribution in [0.15, 0.2) is 0 Å². The molecule has 0 aromatic heterocycles. The second kappa shape index (κ2) is 5.77. The number of alkyl halides is 7. The number of rotatable bonds is 2. The summed E-state index contributed by atoms with van der Waals surface area (Å²) >= 11 is 0. The lowest BCUT2D eigenvalue weighted by atomic mass is 10.2. The van der Waals surface area contributed by atoms with Crippen molar-refractivity contribution in [3.8, 4) is 0 Å². The maximum Gasteiger partial charge on any atom is 0.448 e. The Labute approximate surface area is 121 Å². The van der Waals surface area contributed by atoms with E-state index >= 15 is 0 Å². The molecule has 0 radical (unpaired) electrons. The quantitative estimate of drug-likeness (QED) is 0.569. The smallest absolute Gasteiger partial charge is 0.379 e. The summed E-state index contributed by atoms with van der Waals surface area (Å²) in [6, 6.07) is 0. The van der Waals surface area contributed by atoms with Gasteiger partial charge in [0.05, 0.1) is 19.3 Å². The molecular weight excluding hydrogens is 327 g/mol. The van der Waals surface area contributed by atoms with Crippen LogP contribution in [0.3, 0.4) is 0 Å². The van der Waals surface area contributed by atoms with Crippen LogP contribution in [0.2, 0.25) is 0 Å². The minimum absolute atomic E-state index is 0.0351. The zero-order valence-electron chi connectivity index (χ0n) is 11.4. The number of hydrogen-bond donors (Lipinski definition) is 0. The fourth-order valence-corrected chi connectivity index (χ4v) is 2.41. The summed E-state index contributed by atoms with van der Waals surface area (Å²) in [5, 5.41) is 0. The van der Waals surface area contributed by atoms with Gasteiger partial charge in [-0.15, -0.1) is 0 Å². The molecule has 2 heterocycles. The van der Waals surface area contributed by atoms with Gasteiger partial charge in [-0.3, -0.25) is 4.90 Å². The molecule has 0 saturated carbocycles. The zero-order valence-corrected chi connectivity index (χ0v) is 11.4. The van der Waals surface area contributed by atoms with Crippen molar-refractivity contribution in [3.63, 3.8) is 0 Å². The van der Waals surface area contributed by atoms with Crippen LogP contribution in [0.1, 0.15) is 6.92 Å². The summed E-state index contributed by atoms with van der Waals surface area (Å²) in [5.41, 5.74) is 0. The van der Waals surface area contributed by atoms with Gasteiger partial charge in [-0.05, 0) is 6.92 Å². The predicted octanol–water partition coefficient (Wildman–Crippen LogP) is 2.24. The Morgan fingerprint density at radius 1 is 1.05 bits per heavy atom. The number of halogens is 7. The average Bonchev–Trinajstić information content (AvgIpc) is 2.77. The highest BCUT2D eigenvalue weighted by molar-refractivity contribution is 4.97. The van der Waals surface area contributed by atoms with Crippen LogP contribution in [0.25, 0.3) is 0 Å². The maximum atomic E-state index is 14.4. The topological polar surface area (TPSA) is 30.9 Å².